The molecule has 0 aromatic rings. The standard InChI is InChI=1S/C36H70O3/c1-3-5-7-9-11-13-15-17-19-21-23-25-27-33(29-35-31-37-35)39-34(30-36-32-38-36)28-26-24-22-20-18-16-14-12-10-8-6-4-2/h33-36H,3-32H2,1-2H3. The number of hydrogen-bond donors (Lipinski definition) is 0. The summed E-state index contributed by atoms with van der Waals surface area (Å²) in [5.41, 5.74) is 0. The van der Waals surface area contributed by atoms with Gasteiger partial charge in [0.05, 0.1) is 37.6 Å². The predicted octanol–water partition coefficient (Wildman–Crippen LogP) is 11.5. The Kier molecular flexibility index (Phi) is 23.0. The largest absolute Gasteiger partial charge is 0.375 e. The van der Waals surface area contributed by atoms with Crippen molar-refractivity contribution in [2.75, 3.05) is 13.2 Å². The number of hydrogen-bond acceptors (Lipinski definition) is 3. The van der Waals surface area contributed by atoms with Crippen LogP contribution in [0.1, 0.15) is 194 Å². The van der Waals surface area contributed by atoms with Gasteiger partial charge < -0.3 is 14.2 Å². The van der Waals surface area contributed by atoms with Crippen LogP contribution < -0.4 is 0 Å². The van der Waals surface area contributed by atoms with Gasteiger partial charge in [0.15, 0.2) is 0 Å². The maximum absolute atomic E-state index is 6.79. The molecule has 0 saturated carbocycles. The maximum Gasteiger partial charge on any atom is 0.0834 e. The fourth-order valence-corrected chi connectivity index (χ4v) is 6.18. The summed E-state index contributed by atoms with van der Waals surface area (Å²) in [6, 6.07) is 0. The van der Waals surface area contributed by atoms with E-state index in [0.717, 1.165) is 26.1 Å². The van der Waals surface area contributed by atoms with Gasteiger partial charge in [-0.1, -0.05) is 168 Å². The van der Waals surface area contributed by atoms with Crippen molar-refractivity contribution in [3.8, 4) is 0 Å². The van der Waals surface area contributed by atoms with Crippen LogP contribution in [0.2, 0.25) is 0 Å². The van der Waals surface area contributed by atoms with E-state index in [1.165, 1.54) is 167 Å². The second kappa shape index (κ2) is 25.6. The van der Waals surface area contributed by atoms with Gasteiger partial charge >= 0.3 is 0 Å². The summed E-state index contributed by atoms with van der Waals surface area (Å²) in [4.78, 5) is 0. The molecule has 3 heteroatoms. The SMILES string of the molecule is CCCCCCCCCCCCCCC(CC1CO1)OC(CCCCCCCCCCCCCC)CC1CO1. The second-order valence-corrected chi connectivity index (χ2v) is 13.1. The van der Waals surface area contributed by atoms with Crippen LogP contribution in [-0.2, 0) is 14.2 Å². The first kappa shape index (κ1) is 35.1. The monoisotopic (exact) mass is 551 g/mol. The summed E-state index contributed by atoms with van der Waals surface area (Å²) in [6.45, 7) is 6.51. The minimum atomic E-state index is 0.390. The Morgan fingerprint density at radius 3 is 0.949 bits per heavy atom. The number of epoxide rings is 2. The van der Waals surface area contributed by atoms with E-state index in [0.29, 0.717) is 24.4 Å². The molecule has 0 spiro atoms. The molecule has 2 heterocycles. The molecular weight excluding hydrogens is 480 g/mol. The molecule has 4 unspecified atom stereocenters. The lowest BCUT2D eigenvalue weighted by Crippen LogP contribution is -2.25. The Morgan fingerprint density at radius 2 is 0.692 bits per heavy atom. The lowest BCUT2D eigenvalue weighted by molar-refractivity contribution is -0.0359. The fourth-order valence-electron chi connectivity index (χ4n) is 6.18. The van der Waals surface area contributed by atoms with Gasteiger partial charge in [-0.2, -0.15) is 0 Å². The van der Waals surface area contributed by atoms with Crippen LogP contribution in [-0.4, -0.2) is 37.6 Å². The normalized spacial score (nSPS) is 19.8. The number of ether oxygens (including phenoxy) is 3. The predicted molar refractivity (Wildman–Crippen MR) is 169 cm³/mol. The Hall–Kier alpha value is -0.120. The Morgan fingerprint density at radius 1 is 0.436 bits per heavy atom. The average Bonchev–Trinajstić information content (AvgIpc) is 3.87. The summed E-state index contributed by atoms with van der Waals surface area (Å²) < 4.78 is 18.0. The van der Waals surface area contributed by atoms with E-state index in [4.69, 9.17) is 14.2 Å². The van der Waals surface area contributed by atoms with Crippen molar-refractivity contribution in [3.63, 3.8) is 0 Å². The minimum Gasteiger partial charge on any atom is -0.375 e. The highest BCUT2D eigenvalue weighted by atomic mass is 16.6. The van der Waals surface area contributed by atoms with Gasteiger partial charge in [0.25, 0.3) is 0 Å². The highest BCUT2D eigenvalue weighted by Crippen LogP contribution is 2.27. The van der Waals surface area contributed by atoms with Crippen LogP contribution >= 0.6 is 0 Å². The van der Waals surface area contributed by atoms with Crippen LogP contribution in [0.15, 0.2) is 0 Å². The lowest BCUT2D eigenvalue weighted by atomic mass is 10.0. The summed E-state index contributed by atoms with van der Waals surface area (Å²) in [6.07, 6.45) is 40.3. The highest BCUT2D eigenvalue weighted by Gasteiger charge is 2.31. The molecule has 0 aromatic carbocycles. The van der Waals surface area contributed by atoms with Gasteiger partial charge in [-0.05, 0) is 12.8 Å². The van der Waals surface area contributed by atoms with Crippen LogP contribution in [0.4, 0.5) is 0 Å². The molecular formula is C36H70O3. The maximum atomic E-state index is 6.79. The molecule has 2 aliphatic heterocycles. The van der Waals surface area contributed by atoms with E-state index < -0.39 is 0 Å². The first-order valence-electron chi connectivity index (χ1n) is 18.2. The van der Waals surface area contributed by atoms with Crippen molar-refractivity contribution in [3.05, 3.63) is 0 Å². The molecule has 2 fully saturated rings. The van der Waals surface area contributed by atoms with E-state index in [9.17, 15) is 0 Å². The topological polar surface area (TPSA) is 34.3 Å². The van der Waals surface area contributed by atoms with E-state index in [1.807, 2.05) is 0 Å². The second-order valence-electron chi connectivity index (χ2n) is 13.1. The average molecular weight is 551 g/mol. The zero-order valence-corrected chi connectivity index (χ0v) is 26.7. The van der Waals surface area contributed by atoms with Crippen molar-refractivity contribution >= 4 is 0 Å². The molecule has 2 aliphatic rings. The molecule has 39 heavy (non-hydrogen) atoms. The quantitative estimate of drug-likeness (QED) is 0.0617. The molecule has 0 aliphatic carbocycles. The first-order chi connectivity index (χ1) is 19.3. The Labute approximate surface area is 245 Å². The summed E-state index contributed by atoms with van der Waals surface area (Å²) in [5, 5.41) is 0. The highest BCUT2D eigenvalue weighted by molar-refractivity contribution is 4.79. The van der Waals surface area contributed by atoms with Gasteiger partial charge in [0, 0.05) is 12.8 Å². The van der Waals surface area contributed by atoms with Crippen LogP contribution in [0.3, 0.4) is 0 Å². The van der Waals surface area contributed by atoms with Gasteiger partial charge in [-0.15, -0.1) is 0 Å². The molecule has 2 saturated heterocycles. The van der Waals surface area contributed by atoms with Gasteiger partial charge in [-0.25, -0.2) is 0 Å². The Bertz CT molecular complexity index is 458. The molecule has 0 bridgehead atoms. The van der Waals surface area contributed by atoms with Crippen LogP contribution in [0, 0.1) is 0 Å². The van der Waals surface area contributed by atoms with Crippen LogP contribution in [0.5, 0.6) is 0 Å². The molecule has 0 aromatic heterocycles. The third kappa shape index (κ3) is 23.2. The summed E-state index contributed by atoms with van der Waals surface area (Å²) in [7, 11) is 0. The Balaban J connectivity index is 1.49. The minimum absolute atomic E-state index is 0.390. The van der Waals surface area contributed by atoms with Gasteiger partial charge in [0.1, 0.15) is 0 Å². The first-order valence-corrected chi connectivity index (χ1v) is 18.2. The smallest absolute Gasteiger partial charge is 0.0834 e. The van der Waals surface area contributed by atoms with Crippen molar-refractivity contribution in [1.82, 2.24) is 0 Å². The van der Waals surface area contributed by atoms with Gasteiger partial charge in [-0.3, -0.25) is 0 Å². The molecule has 2 rings (SSSR count). The molecule has 0 amide bonds. The summed E-state index contributed by atoms with van der Waals surface area (Å²) in [5.74, 6) is 0. The lowest BCUT2D eigenvalue weighted by Gasteiger charge is -2.25. The number of unbranched alkanes of at least 4 members (excludes halogenated alkanes) is 22. The fraction of sp³-hybridized carbons (Fsp3) is 1.00. The molecule has 4 atom stereocenters. The van der Waals surface area contributed by atoms with Crippen molar-refractivity contribution in [2.45, 2.75) is 218 Å². The van der Waals surface area contributed by atoms with Crippen LogP contribution in [0.25, 0.3) is 0 Å². The van der Waals surface area contributed by atoms with E-state index in [2.05, 4.69) is 13.8 Å². The molecule has 3 nitrogen and oxygen atoms in total. The zero-order chi connectivity index (χ0) is 27.6. The van der Waals surface area contributed by atoms with E-state index >= 15 is 0 Å². The molecule has 232 valence electrons. The third-order valence-electron chi connectivity index (χ3n) is 9.00. The van der Waals surface area contributed by atoms with Crippen molar-refractivity contribution < 1.29 is 14.2 Å². The third-order valence-corrected chi connectivity index (χ3v) is 9.00. The number of rotatable bonds is 32. The van der Waals surface area contributed by atoms with Crippen molar-refractivity contribution in [1.29, 1.82) is 0 Å². The van der Waals surface area contributed by atoms with E-state index in [1.54, 1.807) is 0 Å². The summed E-state index contributed by atoms with van der Waals surface area (Å²) >= 11 is 0. The zero-order valence-electron chi connectivity index (χ0n) is 26.7. The van der Waals surface area contributed by atoms with Crippen molar-refractivity contribution in [2.24, 2.45) is 0 Å². The van der Waals surface area contributed by atoms with Gasteiger partial charge in [0.2, 0.25) is 0 Å². The molecule has 0 radical (unpaired) electrons. The van der Waals surface area contributed by atoms with E-state index in [-0.39, 0.29) is 0 Å². The molecule has 0 N–H and O–H groups in total.